The zero-order chi connectivity index (χ0) is 16.2. The van der Waals surface area contributed by atoms with E-state index >= 15 is 0 Å². The molecule has 1 aliphatic heterocycles. The number of hydrogen-bond donors (Lipinski definition) is 1. The normalized spacial score (nSPS) is 14.6. The Balaban J connectivity index is 1.61. The Morgan fingerprint density at radius 2 is 1.43 bits per heavy atom. The fourth-order valence-electron chi connectivity index (χ4n) is 2.59. The largest absolute Gasteiger partial charge is 0.399 e. The number of carbonyl (C=O) groups is 2. The summed E-state index contributed by atoms with van der Waals surface area (Å²) in [6.07, 6.45) is 3.20. The zero-order valence-electron chi connectivity index (χ0n) is 12.7. The van der Waals surface area contributed by atoms with Crippen molar-refractivity contribution in [3.63, 3.8) is 0 Å². The first-order chi connectivity index (χ1) is 11.1. The highest BCUT2D eigenvalue weighted by Gasteiger charge is 2.25. The van der Waals surface area contributed by atoms with Gasteiger partial charge in [-0.05, 0) is 36.4 Å². The van der Waals surface area contributed by atoms with Gasteiger partial charge < -0.3 is 15.5 Å². The average Bonchev–Trinajstić information content (AvgIpc) is 2.62. The van der Waals surface area contributed by atoms with E-state index in [0.717, 1.165) is 0 Å². The number of amides is 2. The van der Waals surface area contributed by atoms with Gasteiger partial charge in [-0.3, -0.25) is 14.6 Å². The summed E-state index contributed by atoms with van der Waals surface area (Å²) in [5, 5.41) is 0. The molecule has 1 aromatic heterocycles. The van der Waals surface area contributed by atoms with E-state index in [1.807, 2.05) is 0 Å². The van der Waals surface area contributed by atoms with E-state index in [0.29, 0.717) is 43.0 Å². The van der Waals surface area contributed by atoms with E-state index in [4.69, 9.17) is 5.73 Å². The van der Waals surface area contributed by atoms with Crippen molar-refractivity contribution >= 4 is 17.5 Å². The lowest BCUT2D eigenvalue weighted by Crippen LogP contribution is -2.50. The van der Waals surface area contributed by atoms with Gasteiger partial charge in [0.2, 0.25) is 0 Å². The maximum atomic E-state index is 12.4. The number of rotatable bonds is 2. The molecule has 2 heterocycles. The summed E-state index contributed by atoms with van der Waals surface area (Å²) in [7, 11) is 0. The quantitative estimate of drug-likeness (QED) is 0.847. The summed E-state index contributed by atoms with van der Waals surface area (Å²) in [4.78, 5) is 32.3. The van der Waals surface area contributed by atoms with Gasteiger partial charge >= 0.3 is 0 Å². The Bertz CT molecular complexity index is 692. The third-order valence-electron chi connectivity index (χ3n) is 3.92. The number of hydrogen-bond acceptors (Lipinski definition) is 4. The first-order valence-corrected chi connectivity index (χ1v) is 7.49. The van der Waals surface area contributed by atoms with Gasteiger partial charge in [0.1, 0.15) is 0 Å². The Morgan fingerprint density at radius 1 is 0.870 bits per heavy atom. The van der Waals surface area contributed by atoms with Crippen LogP contribution < -0.4 is 5.73 Å². The highest BCUT2D eigenvalue weighted by atomic mass is 16.2. The van der Waals surface area contributed by atoms with Gasteiger partial charge in [0.05, 0.1) is 5.56 Å². The minimum Gasteiger partial charge on any atom is -0.399 e. The summed E-state index contributed by atoms with van der Waals surface area (Å²) < 4.78 is 0. The van der Waals surface area contributed by atoms with Crippen LogP contribution >= 0.6 is 0 Å². The van der Waals surface area contributed by atoms with Gasteiger partial charge in [-0.15, -0.1) is 0 Å². The van der Waals surface area contributed by atoms with Crippen molar-refractivity contribution in [2.45, 2.75) is 0 Å². The SMILES string of the molecule is Nc1ccc(C(=O)N2CCN(C(=O)c3cccnc3)CC2)cc1. The molecule has 3 rings (SSSR count). The third-order valence-corrected chi connectivity index (χ3v) is 3.92. The molecule has 23 heavy (non-hydrogen) atoms. The highest BCUT2D eigenvalue weighted by Crippen LogP contribution is 2.12. The van der Waals surface area contributed by atoms with E-state index in [-0.39, 0.29) is 11.8 Å². The van der Waals surface area contributed by atoms with Crippen LogP contribution in [0.4, 0.5) is 5.69 Å². The molecule has 0 radical (unpaired) electrons. The van der Waals surface area contributed by atoms with Crippen molar-refractivity contribution in [1.29, 1.82) is 0 Å². The fourth-order valence-corrected chi connectivity index (χ4v) is 2.59. The predicted octanol–water partition coefficient (Wildman–Crippen LogP) is 1.26. The lowest BCUT2D eigenvalue weighted by atomic mass is 10.1. The monoisotopic (exact) mass is 310 g/mol. The average molecular weight is 310 g/mol. The molecule has 2 aromatic rings. The minimum absolute atomic E-state index is 0.0292. The standard InChI is InChI=1S/C17H18N4O2/c18-15-5-3-13(4-6-15)16(22)20-8-10-21(11-9-20)17(23)14-2-1-7-19-12-14/h1-7,12H,8-11,18H2. The van der Waals surface area contributed by atoms with E-state index in [1.165, 1.54) is 0 Å². The molecule has 6 heteroatoms. The summed E-state index contributed by atoms with van der Waals surface area (Å²) in [5.41, 5.74) is 7.46. The molecule has 2 amide bonds. The smallest absolute Gasteiger partial charge is 0.255 e. The molecule has 1 aliphatic rings. The number of benzene rings is 1. The summed E-state index contributed by atoms with van der Waals surface area (Å²) in [6.45, 7) is 2.09. The highest BCUT2D eigenvalue weighted by molar-refractivity contribution is 5.96. The molecular formula is C17H18N4O2. The van der Waals surface area contributed by atoms with Crippen LogP contribution in [0.5, 0.6) is 0 Å². The summed E-state index contributed by atoms with van der Waals surface area (Å²) in [5.74, 6) is -0.0730. The minimum atomic E-state index is -0.0438. The van der Waals surface area contributed by atoms with Crippen LogP contribution in [0.1, 0.15) is 20.7 Å². The molecule has 0 bridgehead atoms. The van der Waals surface area contributed by atoms with E-state index in [9.17, 15) is 9.59 Å². The molecule has 2 N–H and O–H groups in total. The first kappa shape index (κ1) is 15.0. The van der Waals surface area contributed by atoms with Gasteiger partial charge in [0, 0.05) is 49.8 Å². The molecule has 0 unspecified atom stereocenters. The molecule has 1 aromatic carbocycles. The summed E-state index contributed by atoms with van der Waals surface area (Å²) in [6, 6.07) is 10.4. The number of aromatic nitrogens is 1. The Labute approximate surface area is 134 Å². The van der Waals surface area contributed by atoms with Crippen molar-refractivity contribution in [2.75, 3.05) is 31.9 Å². The maximum Gasteiger partial charge on any atom is 0.255 e. The van der Waals surface area contributed by atoms with Crippen LogP contribution in [0.15, 0.2) is 48.8 Å². The molecule has 0 atom stereocenters. The number of carbonyl (C=O) groups excluding carboxylic acids is 2. The molecule has 6 nitrogen and oxygen atoms in total. The van der Waals surface area contributed by atoms with Crippen LogP contribution in [0.2, 0.25) is 0 Å². The van der Waals surface area contributed by atoms with Crippen molar-refractivity contribution < 1.29 is 9.59 Å². The number of pyridine rings is 1. The van der Waals surface area contributed by atoms with E-state index in [2.05, 4.69) is 4.98 Å². The maximum absolute atomic E-state index is 12.4. The third kappa shape index (κ3) is 3.31. The second-order valence-corrected chi connectivity index (χ2v) is 5.45. The predicted molar refractivity (Wildman–Crippen MR) is 86.9 cm³/mol. The number of nitrogen functional groups attached to an aromatic ring is 1. The lowest BCUT2D eigenvalue weighted by Gasteiger charge is -2.34. The molecule has 0 aliphatic carbocycles. The fraction of sp³-hybridized carbons (Fsp3) is 0.235. The second kappa shape index (κ2) is 6.48. The van der Waals surface area contributed by atoms with Gasteiger partial charge in [-0.2, -0.15) is 0 Å². The van der Waals surface area contributed by atoms with Crippen molar-refractivity contribution in [2.24, 2.45) is 0 Å². The van der Waals surface area contributed by atoms with Gasteiger partial charge in [0.15, 0.2) is 0 Å². The van der Waals surface area contributed by atoms with Crippen LogP contribution in [0.3, 0.4) is 0 Å². The topological polar surface area (TPSA) is 79.5 Å². The molecule has 1 saturated heterocycles. The van der Waals surface area contributed by atoms with Crippen molar-refractivity contribution in [1.82, 2.24) is 14.8 Å². The van der Waals surface area contributed by atoms with E-state index < -0.39 is 0 Å². The van der Waals surface area contributed by atoms with Crippen molar-refractivity contribution in [3.8, 4) is 0 Å². The van der Waals surface area contributed by atoms with Gasteiger partial charge in [-0.25, -0.2) is 0 Å². The molecule has 1 fully saturated rings. The molecular weight excluding hydrogens is 292 g/mol. The first-order valence-electron chi connectivity index (χ1n) is 7.49. The van der Waals surface area contributed by atoms with Crippen LogP contribution in [-0.2, 0) is 0 Å². The lowest BCUT2D eigenvalue weighted by molar-refractivity contribution is 0.0535. The number of nitrogens with two attached hydrogens (primary N) is 1. The Kier molecular flexibility index (Phi) is 4.23. The van der Waals surface area contributed by atoms with E-state index in [1.54, 1.807) is 58.6 Å². The summed E-state index contributed by atoms with van der Waals surface area (Å²) >= 11 is 0. The van der Waals surface area contributed by atoms with Crippen molar-refractivity contribution in [3.05, 3.63) is 59.9 Å². The Morgan fingerprint density at radius 3 is 1.96 bits per heavy atom. The molecule has 0 spiro atoms. The molecule has 0 saturated carbocycles. The van der Waals surface area contributed by atoms with Gasteiger partial charge in [-0.1, -0.05) is 0 Å². The number of nitrogens with zero attached hydrogens (tertiary/aromatic N) is 3. The van der Waals surface area contributed by atoms with Crippen LogP contribution in [-0.4, -0.2) is 52.8 Å². The number of piperazine rings is 1. The van der Waals surface area contributed by atoms with Crippen LogP contribution in [0, 0.1) is 0 Å². The van der Waals surface area contributed by atoms with Gasteiger partial charge in [0.25, 0.3) is 11.8 Å². The van der Waals surface area contributed by atoms with Crippen LogP contribution in [0.25, 0.3) is 0 Å². The number of anilines is 1. The second-order valence-electron chi connectivity index (χ2n) is 5.45. The molecule has 118 valence electrons. The Hall–Kier alpha value is -2.89. The zero-order valence-corrected chi connectivity index (χ0v) is 12.7.